The summed E-state index contributed by atoms with van der Waals surface area (Å²) in [6.07, 6.45) is 1.95. The van der Waals surface area contributed by atoms with E-state index >= 15 is 0 Å². The number of benzene rings is 2. The van der Waals surface area contributed by atoms with Crippen molar-refractivity contribution in [1.29, 1.82) is 0 Å². The van der Waals surface area contributed by atoms with Gasteiger partial charge in [0.1, 0.15) is 0 Å². The Kier molecular flexibility index (Phi) is 2.25. The van der Waals surface area contributed by atoms with Gasteiger partial charge in [0.15, 0.2) is 5.78 Å². The van der Waals surface area contributed by atoms with Gasteiger partial charge in [0, 0.05) is 17.7 Å². The van der Waals surface area contributed by atoms with Crippen LogP contribution in [0.25, 0.3) is 0 Å². The van der Waals surface area contributed by atoms with Crippen LogP contribution in [0.1, 0.15) is 34.5 Å². The highest BCUT2D eigenvalue weighted by atomic mass is 16.1. The van der Waals surface area contributed by atoms with Crippen LogP contribution in [0.3, 0.4) is 0 Å². The van der Waals surface area contributed by atoms with E-state index in [-0.39, 0.29) is 17.7 Å². The fourth-order valence-electron chi connectivity index (χ4n) is 3.79. The first-order valence-corrected chi connectivity index (χ1v) is 6.99. The van der Waals surface area contributed by atoms with Crippen LogP contribution in [0.15, 0.2) is 59.6 Å². The molecule has 2 nitrogen and oxygen atoms in total. The zero-order chi connectivity index (χ0) is 13.7. The first kappa shape index (κ1) is 11.6. The van der Waals surface area contributed by atoms with Crippen LogP contribution in [0.4, 0.5) is 0 Å². The molecule has 4 rings (SSSR count). The molecule has 20 heavy (non-hydrogen) atoms. The third-order valence-electron chi connectivity index (χ3n) is 4.74. The summed E-state index contributed by atoms with van der Waals surface area (Å²) in [6.45, 7) is 2.10. The van der Waals surface area contributed by atoms with Gasteiger partial charge in [-0.05, 0) is 11.1 Å². The SMILES string of the molecule is C[C@@H]1C=N[C@@H]2c3ccccc3C(=O)[C@]12c1ccccc1. The minimum Gasteiger partial charge on any atom is -0.293 e. The summed E-state index contributed by atoms with van der Waals surface area (Å²) in [5, 5.41) is 0. The Bertz CT molecular complexity index is 719. The molecule has 98 valence electrons. The Balaban J connectivity index is 2.01. The Morgan fingerprint density at radius 2 is 1.70 bits per heavy atom. The molecule has 0 spiro atoms. The van der Waals surface area contributed by atoms with Gasteiger partial charge in [0.25, 0.3) is 0 Å². The second-order valence-electron chi connectivity index (χ2n) is 5.64. The molecule has 1 aliphatic heterocycles. The highest BCUT2D eigenvalue weighted by Gasteiger charge is 2.59. The van der Waals surface area contributed by atoms with Crippen molar-refractivity contribution in [2.45, 2.75) is 18.4 Å². The quantitative estimate of drug-likeness (QED) is 0.771. The van der Waals surface area contributed by atoms with Gasteiger partial charge in [-0.3, -0.25) is 9.79 Å². The second-order valence-corrected chi connectivity index (χ2v) is 5.64. The maximum absolute atomic E-state index is 13.1. The lowest BCUT2D eigenvalue weighted by atomic mass is 9.68. The largest absolute Gasteiger partial charge is 0.293 e. The number of aliphatic imine (C=N–C) groups is 1. The van der Waals surface area contributed by atoms with E-state index in [9.17, 15) is 4.79 Å². The van der Waals surface area contributed by atoms with Gasteiger partial charge >= 0.3 is 0 Å². The molecule has 0 amide bonds. The molecule has 1 aliphatic carbocycles. The smallest absolute Gasteiger partial charge is 0.176 e. The lowest BCUT2D eigenvalue weighted by molar-refractivity contribution is 0.0868. The van der Waals surface area contributed by atoms with Crippen molar-refractivity contribution in [2.24, 2.45) is 10.9 Å². The normalized spacial score (nSPS) is 30.4. The van der Waals surface area contributed by atoms with E-state index in [0.717, 1.165) is 16.7 Å². The first-order valence-electron chi connectivity index (χ1n) is 6.99. The Morgan fingerprint density at radius 3 is 2.50 bits per heavy atom. The van der Waals surface area contributed by atoms with Crippen LogP contribution in [-0.4, -0.2) is 12.0 Å². The number of ketones is 1. The van der Waals surface area contributed by atoms with Gasteiger partial charge in [0.2, 0.25) is 0 Å². The van der Waals surface area contributed by atoms with Crippen molar-refractivity contribution in [3.63, 3.8) is 0 Å². The lowest BCUT2D eigenvalue weighted by Gasteiger charge is -2.31. The summed E-state index contributed by atoms with van der Waals surface area (Å²) in [5.74, 6) is 0.337. The van der Waals surface area contributed by atoms with Crippen LogP contribution in [0.2, 0.25) is 0 Å². The monoisotopic (exact) mass is 261 g/mol. The van der Waals surface area contributed by atoms with Crippen LogP contribution in [-0.2, 0) is 5.41 Å². The van der Waals surface area contributed by atoms with Crippen molar-refractivity contribution in [1.82, 2.24) is 0 Å². The number of hydrogen-bond donors (Lipinski definition) is 0. The van der Waals surface area contributed by atoms with Crippen molar-refractivity contribution >= 4 is 12.0 Å². The Labute approximate surface area is 118 Å². The predicted molar refractivity (Wildman–Crippen MR) is 79.3 cm³/mol. The molecule has 2 aromatic carbocycles. The van der Waals surface area contributed by atoms with E-state index in [1.54, 1.807) is 0 Å². The van der Waals surface area contributed by atoms with E-state index in [0.29, 0.717) is 0 Å². The molecule has 0 N–H and O–H groups in total. The summed E-state index contributed by atoms with van der Waals surface area (Å²) in [7, 11) is 0. The molecule has 2 aromatic rings. The average Bonchev–Trinajstić information content (AvgIpc) is 2.97. The third-order valence-corrected chi connectivity index (χ3v) is 4.74. The molecule has 0 bridgehead atoms. The average molecular weight is 261 g/mol. The fraction of sp³-hybridized carbons (Fsp3) is 0.222. The second kappa shape index (κ2) is 3.89. The number of rotatable bonds is 1. The van der Waals surface area contributed by atoms with Gasteiger partial charge in [-0.2, -0.15) is 0 Å². The summed E-state index contributed by atoms with van der Waals surface area (Å²) < 4.78 is 0. The molecule has 0 fully saturated rings. The van der Waals surface area contributed by atoms with Crippen molar-refractivity contribution < 1.29 is 4.79 Å². The van der Waals surface area contributed by atoms with Gasteiger partial charge in [-0.1, -0.05) is 61.5 Å². The van der Waals surface area contributed by atoms with Crippen LogP contribution in [0, 0.1) is 5.92 Å². The number of carbonyl (C=O) groups is 1. The molecule has 0 aromatic heterocycles. The lowest BCUT2D eigenvalue weighted by Crippen LogP contribution is -2.39. The summed E-state index contributed by atoms with van der Waals surface area (Å²) in [6, 6.07) is 17.9. The van der Waals surface area contributed by atoms with Crippen LogP contribution in [0.5, 0.6) is 0 Å². The Hall–Kier alpha value is -2.22. The van der Waals surface area contributed by atoms with E-state index in [1.165, 1.54) is 0 Å². The zero-order valence-electron chi connectivity index (χ0n) is 11.3. The molecule has 0 unspecified atom stereocenters. The standard InChI is InChI=1S/C18H15NO/c1-12-11-19-16-14-9-5-6-10-15(14)17(20)18(12,16)13-7-3-2-4-8-13/h2-12,16H,1H3/t12-,16-,18+/m1/s1. The zero-order valence-corrected chi connectivity index (χ0v) is 11.3. The molecule has 0 saturated heterocycles. The minimum absolute atomic E-state index is 0.0661. The third kappa shape index (κ3) is 1.19. The van der Waals surface area contributed by atoms with Gasteiger partial charge in [-0.15, -0.1) is 0 Å². The number of Topliss-reactive ketones (excluding diaryl/α,β-unsaturated/α-hetero) is 1. The maximum Gasteiger partial charge on any atom is 0.176 e. The highest BCUT2D eigenvalue weighted by Crippen LogP contribution is 2.56. The molecule has 0 saturated carbocycles. The van der Waals surface area contributed by atoms with E-state index in [1.807, 2.05) is 48.7 Å². The molecule has 0 radical (unpaired) electrons. The number of hydrogen-bond acceptors (Lipinski definition) is 2. The molecule has 2 heteroatoms. The van der Waals surface area contributed by atoms with Crippen LogP contribution < -0.4 is 0 Å². The number of fused-ring (bicyclic) bond motifs is 3. The van der Waals surface area contributed by atoms with Crippen molar-refractivity contribution in [3.8, 4) is 0 Å². The molecule has 3 atom stereocenters. The van der Waals surface area contributed by atoms with Crippen molar-refractivity contribution in [2.75, 3.05) is 0 Å². The fourth-order valence-corrected chi connectivity index (χ4v) is 3.79. The summed E-state index contributed by atoms with van der Waals surface area (Å²) >= 11 is 0. The molecular weight excluding hydrogens is 246 g/mol. The summed E-state index contributed by atoms with van der Waals surface area (Å²) in [4.78, 5) is 17.8. The summed E-state index contributed by atoms with van der Waals surface area (Å²) in [5.41, 5.74) is 2.45. The van der Waals surface area contributed by atoms with Gasteiger partial charge in [0.05, 0.1) is 11.5 Å². The van der Waals surface area contributed by atoms with Crippen molar-refractivity contribution in [3.05, 3.63) is 71.3 Å². The number of nitrogens with zero attached hydrogens (tertiary/aromatic N) is 1. The van der Waals surface area contributed by atoms with Crippen LogP contribution >= 0.6 is 0 Å². The van der Waals surface area contributed by atoms with E-state index in [4.69, 9.17) is 0 Å². The van der Waals surface area contributed by atoms with Gasteiger partial charge in [-0.25, -0.2) is 0 Å². The first-order chi connectivity index (χ1) is 9.76. The maximum atomic E-state index is 13.1. The topological polar surface area (TPSA) is 29.4 Å². The van der Waals surface area contributed by atoms with E-state index in [2.05, 4.69) is 24.0 Å². The number of carbonyl (C=O) groups excluding carboxylic acids is 1. The van der Waals surface area contributed by atoms with Gasteiger partial charge < -0.3 is 0 Å². The molecule has 1 heterocycles. The van der Waals surface area contributed by atoms with E-state index < -0.39 is 5.41 Å². The predicted octanol–water partition coefficient (Wildman–Crippen LogP) is 3.58. The Morgan fingerprint density at radius 1 is 1.00 bits per heavy atom. The molecule has 2 aliphatic rings. The highest BCUT2D eigenvalue weighted by molar-refractivity contribution is 6.12. The molecular formula is C18H15NO. The minimum atomic E-state index is -0.537.